The average Bonchev–Trinajstić information content (AvgIpc) is 3.17. The number of benzene rings is 1. The molecule has 0 saturated heterocycles. The van der Waals surface area contributed by atoms with E-state index in [2.05, 4.69) is 17.7 Å². The summed E-state index contributed by atoms with van der Waals surface area (Å²) in [5.41, 5.74) is 5.29. The number of nitrogens with two attached hydrogens (primary N) is 1. The maximum atomic E-state index is 12.2. The molecule has 104 valence electrons. The normalized spacial score (nSPS) is 15.9. The van der Waals surface area contributed by atoms with Crippen LogP contribution in [0.15, 0.2) is 18.2 Å². The van der Waals surface area contributed by atoms with Crippen LogP contribution in [-0.4, -0.2) is 12.5 Å². The second kappa shape index (κ2) is 5.61. The molecule has 0 atom stereocenters. The summed E-state index contributed by atoms with van der Waals surface area (Å²) in [6.45, 7) is 4.94. The van der Waals surface area contributed by atoms with Crippen molar-refractivity contribution in [2.45, 2.75) is 39.5 Å². The zero-order chi connectivity index (χ0) is 13.9. The number of amides is 1. The molecule has 0 unspecified atom stereocenters. The molecular formula is C15H23N3O. The molecule has 0 heterocycles. The number of nitrogens with one attached hydrogen (secondary N) is 2. The van der Waals surface area contributed by atoms with Gasteiger partial charge in [-0.05, 0) is 43.7 Å². The van der Waals surface area contributed by atoms with Gasteiger partial charge in [-0.3, -0.25) is 10.6 Å². The third-order valence-electron chi connectivity index (χ3n) is 3.94. The van der Waals surface area contributed by atoms with E-state index >= 15 is 0 Å². The molecule has 2 rings (SSSR count). The van der Waals surface area contributed by atoms with Crippen LogP contribution in [0, 0.1) is 12.3 Å². The topological polar surface area (TPSA) is 67.2 Å². The van der Waals surface area contributed by atoms with Crippen LogP contribution in [0.1, 0.15) is 48.5 Å². The van der Waals surface area contributed by atoms with Gasteiger partial charge in [0, 0.05) is 6.54 Å². The lowest BCUT2D eigenvalue weighted by atomic mass is 10.0. The lowest BCUT2D eigenvalue weighted by Gasteiger charge is -2.16. The van der Waals surface area contributed by atoms with Gasteiger partial charge in [-0.2, -0.15) is 0 Å². The van der Waals surface area contributed by atoms with E-state index < -0.39 is 0 Å². The van der Waals surface area contributed by atoms with Gasteiger partial charge in [-0.1, -0.05) is 25.0 Å². The molecule has 0 bridgehead atoms. The molecule has 19 heavy (non-hydrogen) atoms. The molecule has 4 N–H and O–H groups in total. The van der Waals surface area contributed by atoms with Gasteiger partial charge in [0.05, 0.1) is 11.3 Å². The van der Waals surface area contributed by atoms with Crippen molar-refractivity contribution >= 4 is 11.6 Å². The van der Waals surface area contributed by atoms with E-state index in [4.69, 9.17) is 5.84 Å². The summed E-state index contributed by atoms with van der Waals surface area (Å²) in [5, 5.41) is 3.05. The first-order valence-electron chi connectivity index (χ1n) is 6.96. The molecule has 4 heteroatoms. The Labute approximate surface area is 114 Å². The van der Waals surface area contributed by atoms with E-state index in [-0.39, 0.29) is 5.91 Å². The Hall–Kier alpha value is -1.55. The summed E-state index contributed by atoms with van der Waals surface area (Å²) in [5.74, 6) is 5.41. The monoisotopic (exact) mass is 261 g/mol. The van der Waals surface area contributed by atoms with Crippen LogP contribution in [0.5, 0.6) is 0 Å². The van der Waals surface area contributed by atoms with Crippen LogP contribution in [0.3, 0.4) is 0 Å². The van der Waals surface area contributed by atoms with Gasteiger partial charge >= 0.3 is 0 Å². The van der Waals surface area contributed by atoms with Crippen LogP contribution >= 0.6 is 0 Å². The molecule has 1 aromatic carbocycles. The highest BCUT2D eigenvalue weighted by Gasteiger charge is 2.41. The second-order valence-electron chi connectivity index (χ2n) is 5.63. The Bertz CT molecular complexity index is 466. The van der Waals surface area contributed by atoms with Crippen LogP contribution in [-0.2, 0) is 0 Å². The Morgan fingerprint density at radius 2 is 2.16 bits per heavy atom. The zero-order valence-electron chi connectivity index (χ0n) is 11.8. The van der Waals surface area contributed by atoms with Gasteiger partial charge in [-0.15, -0.1) is 0 Å². The van der Waals surface area contributed by atoms with Crippen LogP contribution < -0.4 is 16.6 Å². The lowest BCUT2D eigenvalue weighted by Crippen LogP contribution is -2.31. The molecule has 1 fully saturated rings. The molecule has 1 aliphatic rings. The molecular weight excluding hydrogens is 238 g/mol. The highest BCUT2D eigenvalue weighted by molar-refractivity contribution is 5.99. The van der Waals surface area contributed by atoms with Gasteiger partial charge < -0.3 is 10.7 Å². The predicted octanol–water partition coefficient (Wildman–Crippen LogP) is 2.59. The Balaban J connectivity index is 2.02. The number of hydrogen-bond donors (Lipinski definition) is 3. The summed E-state index contributed by atoms with van der Waals surface area (Å²) in [6.07, 6.45) is 4.84. The van der Waals surface area contributed by atoms with Crippen LogP contribution in [0.4, 0.5) is 5.69 Å². The third-order valence-corrected chi connectivity index (χ3v) is 3.94. The summed E-state index contributed by atoms with van der Waals surface area (Å²) >= 11 is 0. The van der Waals surface area contributed by atoms with Crippen molar-refractivity contribution in [3.63, 3.8) is 0 Å². The van der Waals surface area contributed by atoms with Gasteiger partial charge in [0.25, 0.3) is 5.91 Å². The number of carbonyl (C=O) groups is 1. The molecule has 1 aliphatic carbocycles. The van der Waals surface area contributed by atoms with Gasteiger partial charge in [0.1, 0.15) is 0 Å². The average molecular weight is 261 g/mol. The Morgan fingerprint density at radius 3 is 2.74 bits per heavy atom. The van der Waals surface area contributed by atoms with E-state index in [9.17, 15) is 4.79 Å². The molecule has 0 radical (unpaired) electrons. The SMILES string of the molecule is CCCC1(CNC(=O)c2cc(C)ccc2NN)CC1. The van der Waals surface area contributed by atoms with Crippen molar-refractivity contribution in [2.24, 2.45) is 11.3 Å². The quantitative estimate of drug-likeness (QED) is 0.544. The third kappa shape index (κ3) is 3.26. The summed E-state index contributed by atoms with van der Waals surface area (Å²) in [7, 11) is 0. The number of carbonyl (C=O) groups excluding carboxylic acids is 1. The molecule has 1 saturated carbocycles. The standard InChI is InChI=1S/C15H23N3O/c1-3-6-15(7-8-15)10-17-14(19)12-9-11(2)4-5-13(12)18-16/h4-5,9,18H,3,6-8,10,16H2,1-2H3,(H,17,19). The van der Waals surface area contributed by atoms with E-state index in [1.54, 1.807) is 0 Å². The number of hydrazine groups is 1. The molecule has 1 amide bonds. The second-order valence-corrected chi connectivity index (χ2v) is 5.63. The number of hydrogen-bond acceptors (Lipinski definition) is 3. The molecule has 0 aromatic heterocycles. The minimum atomic E-state index is -0.0426. The van der Waals surface area contributed by atoms with Crippen LogP contribution in [0.2, 0.25) is 0 Å². The lowest BCUT2D eigenvalue weighted by molar-refractivity contribution is 0.0944. The highest BCUT2D eigenvalue weighted by Crippen LogP contribution is 2.48. The Morgan fingerprint density at radius 1 is 1.42 bits per heavy atom. The molecule has 1 aromatic rings. The largest absolute Gasteiger partial charge is 0.351 e. The fourth-order valence-electron chi connectivity index (χ4n) is 2.56. The maximum Gasteiger partial charge on any atom is 0.253 e. The minimum Gasteiger partial charge on any atom is -0.351 e. The number of rotatable bonds is 6. The highest BCUT2D eigenvalue weighted by atomic mass is 16.1. The summed E-state index contributed by atoms with van der Waals surface area (Å²) in [6, 6.07) is 5.64. The minimum absolute atomic E-state index is 0.0426. The summed E-state index contributed by atoms with van der Waals surface area (Å²) < 4.78 is 0. The first-order chi connectivity index (χ1) is 9.10. The summed E-state index contributed by atoms with van der Waals surface area (Å²) in [4.78, 5) is 12.2. The first kappa shape index (κ1) is 13.9. The van der Waals surface area contributed by atoms with Crippen molar-refractivity contribution in [3.05, 3.63) is 29.3 Å². The van der Waals surface area contributed by atoms with Crippen molar-refractivity contribution in [2.75, 3.05) is 12.0 Å². The van der Waals surface area contributed by atoms with E-state index in [1.807, 2.05) is 25.1 Å². The molecule has 4 nitrogen and oxygen atoms in total. The van der Waals surface area contributed by atoms with Gasteiger partial charge in [-0.25, -0.2) is 0 Å². The number of anilines is 1. The van der Waals surface area contributed by atoms with Crippen molar-refractivity contribution in [3.8, 4) is 0 Å². The van der Waals surface area contributed by atoms with E-state index in [1.165, 1.54) is 25.7 Å². The predicted molar refractivity (Wildman–Crippen MR) is 77.9 cm³/mol. The van der Waals surface area contributed by atoms with Crippen molar-refractivity contribution in [1.29, 1.82) is 0 Å². The van der Waals surface area contributed by atoms with Gasteiger partial charge in [0.2, 0.25) is 0 Å². The number of nitrogen functional groups attached to an aromatic ring is 1. The number of aryl methyl sites for hydroxylation is 1. The van der Waals surface area contributed by atoms with E-state index in [0.717, 1.165) is 12.1 Å². The molecule has 0 spiro atoms. The molecule has 0 aliphatic heterocycles. The van der Waals surface area contributed by atoms with Crippen LogP contribution in [0.25, 0.3) is 0 Å². The smallest absolute Gasteiger partial charge is 0.253 e. The Kier molecular flexibility index (Phi) is 4.10. The van der Waals surface area contributed by atoms with Crippen molar-refractivity contribution < 1.29 is 4.79 Å². The van der Waals surface area contributed by atoms with Crippen molar-refractivity contribution in [1.82, 2.24) is 5.32 Å². The maximum absolute atomic E-state index is 12.2. The fourth-order valence-corrected chi connectivity index (χ4v) is 2.56. The fraction of sp³-hybridized carbons (Fsp3) is 0.533. The van der Waals surface area contributed by atoms with Gasteiger partial charge in [0.15, 0.2) is 0 Å². The first-order valence-corrected chi connectivity index (χ1v) is 6.96. The van der Waals surface area contributed by atoms with E-state index in [0.29, 0.717) is 16.7 Å². The zero-order valence-corrected chi connectivity index (χ0v) is 11.8.